The summed E-state index contributed by atoms with van der Waals surface area (Å²) in [7, 11) is 0. The van der Waals surface area contributed by atoms with Crippen molar-refractivity contribution in [1.82, 2.24) is 5.32 Å². The highest BCUT2D eigenvalue weighted by Gasteiger charge is 2.17. The second-order valence-electron chi connectivity index (χ2n) is 6.80. The van der Waals surface area contributed by atoms with Crippen LogP contribution in [0.4, 0.5) is 0 Å². The Morgan fingerprint density at radius 1 is 0.880 bits per heavy atom. The van der Waals surface area contributed by atoms with E-state index >= 15 is 0 Å². The first-order chi connectivity index (χ1) is 12.3. The molecule has 0 aliphatic carbocycles. The molecular formula is C22H37NO2. The monoisotopic (exact) mass is 347 g/mol. The molecule has 0 aromatic heterocycles. The topological polar surface area (TPSA) is 38.3 Å². The minimum absolute atomic E-state index is 0.00211. The van der Waals surface area contributed by atoms with E-state index in [0.717, 1.165) is 18.7 Å². The van der Waals surface area contributed by atoms with Crippen LogP contribution in [0.25, 0.3) is 0 Å². The molecule has 0 aliphatic rings. The molecule has 1 atom stereocenters. The van der Waals surface area contributed by atoms with Crippen molar-refractivity contribution in [3.8, 4) is 5.75 Å². The van der Waals surface area contributed by atoms with Crippen LogP contribution in [0.15, 0.2) is 30.3 Å². The van der Waals surface area contributed by atoms with Gasteiger partial charge in [0.15, 0.2) is 6.10 Å². The number of unbranched alkanes of at least 4 members (excludes halogenated alkanes) is 9. The highest BCUT2D eigenvalue weighted by atomic mass is 16.5. The van der Waals surface area contributed by atoms with Crippen LogP contribution in [0.2, 0.25) is 0 Å². The lowest BCUT2D eigenvalue weighted by Crippen LogP contribution is -2.38. The van der Waals surface area contributed by atoms with Crippen molar-refractivity contribution >= 4 is 5.91 Å². The van der Waals surface area contributed by atoms with Gasteiger partial charge in [0.1, 0.15) is 5.75 Å². The predicted molar refractivity (Wildman–Crippen MR) is 106 cm³/mol. The number of nitrogens with one attached hydrogen (secondary N) is 1. The third kappa shape index (κ3) is 10.9. The summed E-state index contributed by atoms with van der Waals surface area (Å²) >= 11 is 0. The lowest BCUT2D eigenvalue weighted by molar-refractivity contribution is -0.128. The van der Waals surface area contributed by atoms with Crippen LogP contribution in [-0.2, 0) is 4.79 Å². The van der Waals surface area contributed by atoms with Gasteiger partial charge in [-0.2, -0.15) is 0 Å². The van der Waals surface area contributed by atoms with Gasteiger partial charge in [-0.15, -0.1) is 0 Å². The Morgan fingerprint density at radius 2 is 1.44 bits per heavy atom. The fraction of sp³-hybridized carbons (Fsp3) is 0.682. The molecule has 3 nitrogen and oxygen atoms in total. The van der Waals surface area contributed by atoms with Gasteiger partial charge < -0.3 is 10.1 Å². The lowest BCUT2D eigenvalue weighted by Gasteiger charge is -2.17. The normalized spacial score (nSPS) is 11.9. The SMILES string of the molecule is CCCCCCCCCCCCNC(=O)[C@H](CC)Oc1ccccc1. The van der Waals surface area contributed by atoms with E-state index in [4.69, 9.17) is 4.74 Å². The number of para-hydroxylation sites is 1. The van der Waals surface area contributed by atoms with E-state index in [2.05, 4.69) is 12.2 Å². The third-order valence-electron chi connectivity index (χ3n) is 4.51. The second-order valence-corrected chi connectivity index (χ2v) is 6.80. The average molecular weight is 348 g/mol. The van der Waals surface area contributed by atoms with Gasteiger partial charge in [0, 0.05) is 6.54 Å². The van der Waals surface area contributed by atoms with Crippen LogP contribution < -0.4 is 10.1 Å². The summed E-state index contributed by atoms with van der Waals surface area (Å²) in [4.78, 5) is 12.2. The molecule has 3 heteroatoms. The molecule has 0 saturated heterocycles. The molecule has 25 heavy (non-hydrogen) atoms. The summed E-state index contributed by atoms with van der Waals surface area (Å²) in [5.41, 5.74) is 0. The number of carbonyl (C=O) groups is 1. The van der Waals surface area contributed by atoms with Gasteiger partial charge >= 0.3 is 0 Å². The molecule has 0 unspecified atom stereocenters. The smallest absolute Gasteiger partial charge is 0.261 e. The van der Waals surface area contributed by atoms with E-state index in [9.17, 15) is 4.79 Å². The number of carbonyl (C=O) groups excluding carboxylic acids is 1. The molecular weight excluding hydrogens is 310 g/mol. The van der Waals surface area contributed by atoms with E-state index in [0.29, 0.717) is 6.42 Å². The first-order valence-electron chi connectivity index (χ1n) is 10.3. The molecule has 142 valence electrons. The van der Waals surface area contributed by atoms with E-state index in [1.807, 2.05) is 37.3 Å². The van der Waals surface area contributed by atoms with E-state index in [1.165, 1.54) is 57.8 Å². The summed E-state index contributed by atoms with van der Waals surface area (Å²) in [6.07, 6.45) is 13.4. The Kier molecular flexibility index (Phi) is 12.7. The lowest BCUT2D eigenvalue weighted by atomic mass is 10.1. The molecule has 0 saturated carbocycles. The molecule has 1 N–H and O–H groups in total. The molecule has 0 heterocycles. The first kappa shape index (κ1) is 21.5. The summed E-state index contributed by atoms with van der Waals surface area (Å²) < 4.78 is 5.76. The van der Waals surface area contributed by atoms with E-state index in [1.54, 1.807) is 0 Å². The van der Waals surface area contributed by atoms with Crippen LogP contribution in [0, 0.1) is 0 Å². The average Bonchev–Trinajstić information content (AvgIpc) is 2.64. The zero-order valence-corrected chi connectivity index (χ0v) is 16.3. The van der Waals surface area contributed by atoms with Crippen LogP contribution in [0.3, 0.4) is 0 Å². The Labute approximate surface area is 154 Å². The number of ether oxygens (including phenoxy) is 1. The van der Waals surface area contributed by atoms with Crippen LogP contribution in [0.5, 0.6) is 5.75 Å². The van der Waals surface area contributed by atoms with Crippen LogP contribution >= 0.6 is 0 Å². The summed E-state index contributed by atoms with van der Waals surface area (Å²) in [5.74, 6) is 0.755. The Morgan fingerprint density at radius 3 is 2.00 bits per heavy atom. The molecule has 1 aromatic rings. The summed E-state index contributed by atoms with van der Waals surface area (Å²) in [6, 6.07) is 9.56. The van der Waals surface area contributed by atoms with Gasteiger partial charge in [0.25, 0.3) is 5.91 Å². The van der Waals surface area contributed by atoms with Gasteiger partial charge in [-0.3, -0.25) is 4.79 Å². The van der Waals surface area contributed by atoms with Crippen LogP contribution in [0.1, 0.15) is 84.5 Å². The first-order valence-corrected chi connectivity index (χ1v) is 10.3. The van der Waals surface area contributed by atoms with Crippen molar-refractivity contribution in [3.05, 3.63) is 30.3 Å². The van der Waals surface area contributed by atoms with Crippen molar-refractivity contribution in [1.29, 1.82) is 0 Å². The molecule has 0 bridgehead atoms. The zero-order valence-electron chi connectivity index (χ0n) is 16.3. The zero-order chi connectivity index (χ0) is 18.2. The van der Waals surface area contributed by atoms with Gasteiger partial charge in [-0.1, -0.05) is 89.8 Å². The molecule has 1 amide bonds. The second kappa shape index (κ2) is 14.8. The molecule has 0 fully saturated rings. The van der Waals surface area contributed by atoms with Crippen molar-refractivity contribution in [2.45, 2.75) is 90.6 Å². The van der Waals surface area contributed by atoms with Crippen molar-refractivity contribution in [3.63, 3.8) is 0 Å². The maximum atomic E-state index is 12.2. The number of hydrogen-bond donors (Lipinski definition) is 1. The summed E-state index contributed by atoms with van der Waals surface area (Å²) in [6.45, 7) is 4.99. The molecule has 0 radical (unpaired) electrons. The molecule has 0 aliphatic heterocycles. The number of amides is 1. The van der Waals surface area contributed by atoms with Gasteiger partial charge in [-0.25, -0.2) is 0 Å². The maximum absolute atomic E-state index is 12.2. The van der Waals surface area contributed by atoms with Crippen LogP contribution in [-0.4, -0.2) is 18.6 Å². The Hall–Kier alpha value is -1.51. The fourth-order valence-electron chi connectivity index (χ4n) is 2.92. The number of hydrogen-bond acceptors (Lipinski definition) is 2. The predicted octanol–water partition coefficient (Wildman–Crippen LogP) is 5.88. The highest BCUT2D eigenvalue weighted by Crippen LogP contribution is 2.13. The Balaban J connectivity index is 2.02. The number of rotatable bonds is 15. The van der Waals surface area contributed by atoms with Crippen molar-refractivity contribution in [2.24, 2.45) is 0 Å². The third-order valence-corrected chi connectivity index (χ3v) is 4.51. The fourth-order valence-corrected chi connectivity index (χ4v) is 2.92. The van der Waals surface area contributed by atoms with E-state index < -0.39 is 6.10 Å². The van der Waals surface area contributed by atoms with E-state index in [-0.39, 0.29) is 5.91 Å². The van der Waals surface area contributed by atoms with Gasteiger partial charge in [-0.05, 0) is 25.0 Å². The quantitative estimate of drug-likeness (QED) is 0.402. The van der Waals surface area contributed by atoms with Gasteiger partial charge in [0.2, 0.25) is 0 Å². The summed E-state index contributed by atoms with van der Waals surface area (Å²) in [5, 5.41) is 3.02. The molecule has 1 rings (SSSR count). The number of benzene rings is 1. The minimum atomic E-state index is -0.398. The van der Waals surface area contributed by atoms with Crippen molar-refractivity contribution in [2.75, 3.05) is 6.54 Å². The van der Waals surface area contributed by atoms with Crippen molar-refractivity contribution < 1.29 is 9.53 Å². The molecule has 1 aromatic carbocycles. The standard InChI is InChI=1S/C22H37NO2/c1-3-5-6-7-8-9-10-11-12-16-19-23-22(24)21(4-2)25-20-17-14-13-15-18-20/h13-15,17-18,21H,3-12,16,19H2,1-2H3,(H,23,24)/t21-/m0/s1. The van der Waals surface area contributed by atoms with Gasteiger partial charge in [0.05, 0.1) is 0 Å². The highest BCUT2D eigenvalue weighted by molar-refractivity contribution is 5.81. The molecule has 0 spiro atoms. The maximum Gasteiger partial charge on any atom is 0.261 e. The minimum Gasteiger partial charge on any atom is -0.481 e. The largest absolute Gasteiger partial charge is 0.481 e. The Bertz CT molecular complexity index is 433.